The van der Waals surface area contributed by atoms with Crippen LogP contribution in [-0.4, -0.2) is 17.0 Å². The third-order valence-electron chi connectivity index (χ3n) is 2.34. The fourth-order valence-corrected chi connectivity index (χ4v) is 1.98. The van der Waals surface area contributed by atoms with Gasteiger partial charge in [0, 0.05) is 24.0 Å². The van der Waals surface area contributed by atoms with E-state index in [1.165, 1.54) is 6.20 Å². The molecule has 0 spiro atoms. The van der Waals surface area contributed by atoms with Gasteiger partial charge in [-0.15, -0.1) is 0 Å². The van der Waals surface area contributed by atoms with Crippen LogP contribution in [0.3, 0.4) is 0 Å². The number of rotatable bonds is 5. The second kappa shape index (κ2) is 6.23. The molecule has 96 valence electrons. The minimum atomic E-state index is -4.38. The Morgan fingerprint density at radius 3 is 2.76 bits per heavy atom. The highest BCUT2D eigenvalue weighted by molar-refractivity contribution is 7.98. The zero-order valence-corrected chi connectivity index (χ0v) is 10.1. The van der Waals surface area contributed by atoms with Crippen molar-refractivity contribution in [1.82, 2.24) is 10.4 Å². The van der Waals surface area contributed by atoms with E-state index < -0.39 is 17.8 Å². The molecule has 1 rings (SSSR count). The number of nitrogens with two attached hydrogens (primary N) is 1. The molecule has 7 heteroatoms. The van der Waals surface area contributed by atoms with Gasteiger partial charge < -0.3 is 0 Å². The zero-order valence-electron chi connectivity index (χ0n) is 9.29. The number of nitrogens with zero attached hydrogens (tertiary/aromatic N) is 1. The van der Waals surface area contributed by atoms with Crippen molar-refractivity contribution in [2.45, 2.75) is 18.6 Å². The first kappa shape index (κ1) is 14.3. The van der Waals surface area contributed by atoms with Gasteiger partial charge in [0.1, 0.15) is 0 Å². The first-order chi connectivity index (χ1) is 8.00. The van der Waals surface area contributed by atoms with E-state index in [0.717, 1.165) is 18.0 Å². The Labute approximate surface area is 102 Å². The van der Waals surface area contributed by atoms with Crippen LogP contribution < -0.4 is 11.3 Å². The molecule has 0 saturated heterocycles. The molecule has 0 aliphatic carbocycles. The van der Waals surface area contributed by atoms with Crippen molar-refractivity contribution in [3.8, 4) is 0 Å². The molecule has 0 amide bonds. The molecule has 1 atom stereocenters. The second-order valence-corrected chi connectivity index (χ2v) is 4.45. The smallest absolute Gasteiger partial charge is 0.271 e. The number of alkyl halides is 3. The molecule has 0 bridgehead atoms. The predicted octanol–water partition coefficient (Wildman–Crippen LogP) is 2.36. The summed E-state index contributed by atoms with van der Waals surface area (Å²) in [7, 11) is 0. The normalized spacial score (nSPS) is 13.7. The van der Waals surface area contributed by atoms with Gasteiger partial charge in [0.15, 0.2) is 0 Å². The van der Waals surface area contributed by atoms with Gasteiger partial charge in [0.05, 0.1) is 5.56 Å². The van der Waals surface area contributed by atoms with Crippen molar-refractivity contribution < 1.29 is 13.2 Å². The first-order valence-corrected chi connectivity index (χ1v) is 6.36. The maximum atomic E-state index is 12.8. The number of pyridine rings is 1. The van der Waals surface area contributed by atoms with Gasteiger partial charge in [-0.2, -0.15) is 24.9 Å². The molecule has 3 N–H and O–H groups in total. The third-order valence-corrected chi connectivity index (χ3v) is 2.99. The minimum Gasteiger partial charge on any atom is -0.271 e. The van der Waals surface area contributed by atoms with Crippen LogP contribution in [0.2, 0.25) is 0 Å². The van der Waals surface area contributed by atoms with Gasteiger partial charge in [0.2, 0.25) is 0 Å². The monoisotopic (exact) mass is 265 g/mol. The summed E-state index contributed by atoms with van der Waals surface area (Å²) in [6.07, 6.45) is 0.378. The third kappa shape index (κ3) is 3.86. The van der Waals surface area contributed by atoms with Crippen molar-refractivity contribution in [3.05, 3.63) is 29.6 Å². The predicted molar refractivity (Wildman–Crippen MR) is 62.3 cm³/mol. The number of hydrogen-bond donors (Lipinski definition) is 2. The van der Waals surface area contributed by atoms with Crippen LogP contribution in [-0.2, 0) is 6.18 Å². The van der Waals surface area contributed by atoms with E-state index in [1.54, 1.807) is 11.8 Å². The van der Waals surface area contributed by atoms with Gasteiger partial charge in [-0.25, -0.2) is 0 Å². The SMILES string of the molecule is CSCCC(NN)c1cnccc1C(F)(F)F. The Balaban J connectivity index is 3.02. The summed E-state index contributed by atoms with van der Waals surface area (Å²) in [6, 6.07) is 0.437. The summed E-state index contributed by atoms with van der Waals surface area (Å²) in [6.45, 7) is 0. The van der Waals surface area contributed by atoms with Gasteiger partial charge >= 0.3 is 6.18 Å². The van der Waals surface area contributed by atoms with E-state index in [4.69, 9.17) is 5.84 Å². The Bertz CT molecular complexity index is 357. The molecule has 0 aliphatic rings. The van der Waals surface area contributed by atoms with Crippen LogP contribution in [0.4, 0.5) is 13.2 Å². The average molecular weight is 265 g/mol. The van der Waals surface area contributed by atoms with Crippen molar-refractivity contribution in [2.24, 2.45) is 5.84 Å². The lowest BCUT2D eigenvalue weighted by Crippen LogP contribution is -2.30. The molecule has 0 aromatic carbocycles. The molecule has 3 nitrogen and oxygen atoms in total. The van der Waals surface area contributed by atoms with Crippen LogP contribution in [0.15, 0.2) is 18.5 Å². The summed E-state index contributed by atoms with van der Waals surface area (Å²) in [4.78, 5) is 3.73. The summed E-state index contributed by atoms with van der Waals surface area (Å²) in [5, 5.41) is 0. The quantitative estimate of drug-likeness (QED) is 0.634. The highest BCUT2D eigenvalue weighted by Gasteiger charge is 2.34. The summed E-state index contributed by atoms with van der Waals surface area (Å²) in [5.74, 6) is 6.03. The lowest BCUT2D eigenvalue weighted by atomic mass is 10.0. The summed E-state index contributed by atoms with van der Waals surface area (Å²) < 4.78 is 38.3. The largest absolute Gasteiger partial charge is 0.416 e. The van der Waals surface area contributed by atoms with Crippen molar-refractivity contribution in [3.63, 3.8) is 0 Å². The van der Waals surface area contributed by atoms with Crippen LogP contribution in [0.25, 0.3) is 0 Å². The van der Waals surface area contributed by atoms with E-state index in [9.17, 15) is 13.2 Å². The first-order valence-electron chi connectivity index (χ1n) is 4.97. The standard InChI is InChI=1S/C10H14F3N3S/c1-17-5-3-9(16-14)7-6-15-4-2-8(7)10(11,12)13/h2,4,6,9,16H,3,5,14H2,1H3. The van der Waals surface area contributed by atoms with Gasteiger partial charge in [-0.1, -0.05) is 0 Å². The van der Waals surface area contributed by atoms with Gasteiger partial charge in [0.25, 0.3) is 0 Å². The molecule has 0 saturated carbocycles. The molecule has 1 heterocycles. The summed E-state index contributed by atoms with van der Waals surface area (Å²) in [5.41, 5.74) is 1.82. The molecule has 17 heavy (non-hydrogen) atoms. The Hall–Kier alpha value is -0.790. The number of halogens is 3. The Kier molecular flexibility index (Phi) is 5.23. The van der Waals surface area contributed by atoms with E-state index in [2.05, 4.69) is 10.4 Å². The highest BCUT2D eigenvalue weighted by Crippen LogP contribution is 2.34. The van der Waals surface area contributed by atoms with E-state index >= 15 is 0 Å². The zero-order chi connectivity index (χ0) is 12.9. The molecule has 0 radical (unpaired) electrons. The number of nitrogens with one attached hydrogen (secondary N) is 1. The molecule has 0 fully saturated rings. The Morgan fingerprint density at radius 2 is 2.24 bits per heavy atom. The molecule has 1 aromatic rings. The molecular weight excluding hydrogens is 251 g/mol. The van der Waals surface area contributed by atoms with Gasteiger partial charge in [-0.05, 0) is 24.5 Å². The maximum absolute atomic E-state index is 12.8. The van der Waals surface area contributed by atoms with E-state index in [0.29, 0.717) is 6.42 Å². The molecule has 1 unspecified atom stereocenters. The van der Waals surface area contributed by atoms with Crippen molar-refractivity contribution >= 4 is 11.8 Å². The van der Waals surface area contributed by atoms with Crippen molar-refractivity contribution in [1.29, 1.82) is 0 Å². The maximum Gasteiger partial charge on any atom is 0.416 e. The highest BCUT2D eigenvalue weighted by atomic mass is 32.2. The van der Waals surface area contributed by atoms with Crippen LogP contribution >= 0.6 is 11.8 Å². The fraction of sp³-hybridized carbons (Fsp3) is 0.500. The Morgan fingerprint density at radius 1 is 1.53 bits per heavy atom. The van der Waals surface area contributed by atoms with Gasteiger partial charge in [-0.3, -0.25) is 16.3 Å². The second-order valence-electron chi connectivity index (χ2n) is 3.46. The topological polar surface area (TPSA) is 50.9 Å². The van der Waals surface area contributed by atoms with E-state index in [1.807, 2.05) is 6.26 Å². The molecular formula is C10H14F3N3S. The van der Waals surface area contributed by atoms with Crippen LogP contribution in [0.1, 0.15) is 23.6 Å². The molecule has 1 aromatic heterocycles. The lowest BCUT2D eigenvalue weighted by molar-refractivity contribution is -0.138. The van der Waals surface area contributed by atoms with Crippen molar-refractivity contribution in [2.75, 3.05) is 12.0 Å². The summed E-state index contributed by atoms with van der Waals surface area (Å²) >= 11 is 1.56. The average Bonchev–Trinajstić information content (AvgIpc) is 2.29. The van der Waals surface area contributed by atoms with Crippen LogP contribution in [0, 0.1) is 0 Å². The van der Waals surface area contributed by atoms with E-state index in [-0.39, 0.29) is 5.56 Å². The number of aromatic nitrogens is 1. The minimum absolute atomic E-state index is 0.0940. The molecule has 0 aliphatic heterocycles. The fourth-order valence-electron chi connectivity index (χ4n) is 1.51. The number of thioether (sulfide) groups is 1. The number of hydrogen-bond acceptors (Lipinski definition) is 4. The van der Waals surface area contributed by atoms with Crippen LogP contribution in [0.5, 0.6) is 0 Å². The lowest BCUT2D eigenvalue weighted by Gasteiger charge is -2.20. The number of hydrazine groups is 1.